The number of carbonyl (C=O) groups excluding carboxylic acids is 3. The maximum Gasteiger partial charge on any atom is 0.340 e. The summed E-state index contributed by atoms with van der Waals surface area (Å²) in [5.41, 5.74) is 0.412. The minimum absolute atomic E-state index is 0.0412. The molecule has 0 bridgehead atoms. The van der Waals surface area contributed by atoms with E-state index in [1.54, 1.807) is 20.8 Å². The Morgan fingerprint density at radius 2 is 1.74 bits per heavy atom. The molecule has 1 unspecified atom stereocenters. The first-order chi connectivity index (χ1) is 16.1. The topological polar surface area (TPSA) is 112 Å². The lowest BCUT2D eigenvalue weighted by molar-refractivity contribution is -0.125. The van der Waals surface area contributed by atoms with Crippen molar-refractivity contribution in [2.45, 2.75) is 33.2 Å². The zero-order valence-electron chi connectivity index (χ0n) is 20.0. The van der Waals surface area contributed by atoms with Gasteiger partial charge in [0.15, 0.2) is 18.1 Å². The summed E-state index contributed by atoms with van der Waals surface area (Å²) in [5, 5.41) is 5.61. The monoisotopic (exact) mass is 470 g/mol. The molecule has 0 saturated carbocycles. The van der Waals surface area contributed by atoms with Crippen LogP contribution < -0.4 is 24.8 Å². The number of rotatable bonds is 7. The number of carbonyl (C=O) groups is 3. The van der Waals surface area contributed by atoms with Crippen molar-refractivity contribution in [2.24, 2.45) is 5.41 Å². The average Bonchev–Trinajstić information content (AvgIpc) is 2.81. The van der Waals surface area contributed by atoms with Gasteiger partial charge in [0.1, 0.15) is 5.75 Å². The van der Waals surface area contributed by atoms with Crippen molar-refractivity contribution < 1.29 is 33.3 Å². The van der Waals surface area contributed by atoms with Crippen molar-refractivity contribution >= 4 is 23.5 Å². The number of amides is 2. The van der Waals surface area contributed by atoms with E-state index >= 15 is 0 Å². The Morgan fingerprint density at radius 1 is 1.06 bits per heavy atom. The predicted molar refractivity (Wildman–Crippen MR) is 125 cm³/mol. The number of nitrogens with one attached hydrogen (secondary N) is 2. The molecule has 1 heterocycles. The third-order valence-corrected chi connectivity index (χ3v) is 5.30. The van der Waals surface area contributed by atoms with Gasteiger partial charge in [0.05, 0.1) is 38.1 Å². The number of methoxy groups -OCH3 is 2. The molecule has 34 heavy (non-hydrogen) atoms. The molecule has 1 atom stereocenters. The van der Waals surface area contributed by atoms with Crippen LogP contribution in [0.2, 0.25) is 0 Å². The van der Waals surface area contributed by atoms with E-state index in [1.807, 2.05) is 24.3 Å². The van der Waals surface area contributed by atoms with Crippen molar-refractivity contribution in [3.05, 3.63) is 47.5 Å². The highest BCUT2D eigenvalue weighted by Crippen LogP contribution is 2.35. The van der Waals surface area contributed by atoms with Crippen LogP contribution in [0.25, 0.3) is 0 Å². The number of anilines is 1. The summed E-state index contributed by atoms with van der Waals surface area (Å²) < 4.78 is 21.4. The summed E-state index contributed by atoms with van der Waals surface area (Å²) in [7, 11) is 2.88. The molecule has 1 aliphatic rings. The smallest absolute Gasteiger partial charge is 0.340 e. The summed E-state index contributed by atoms with van der Waals surface area (Å²) in [5.74, 6) is -0.195. The number of hydrogen-bond acceptors (Lipinski definition) is 7. The molecule has 2 aromatic rings. The first-order valence-corrected chi connectivity index (χ1v) is 10.9. The second-order valence-electron chi connectivity index (χ2n) is 8.83. The lowest BCUT2D eigenvalue weighted by atomic mass is 9.95. The Morgan fingerprint density at radius 3 is 2.41 bits per heavy atom. The molecule has 9 nitrogen and oxygen atoms in total. The van der Waals surface area contributed by atoms with E-state index in [9.17, 15) is 14.4 Å². The zero-order valence-corrected chi connectivity index (χ0v) is 20.0. The molecule has 9 heteroatoms. The van der Waals surface area contributed by atoms with Crippen molar-refractivity contribution in [1.82, 2.24) is 5.32 Å². The molecule has 2 amide bonds. The fourth-order valence-electron chi connectivity index (χ4n) is 3.40. The first kappa shape index (κ1) is 24.9. The molecular formula is C25H30N2O7. The third kappa shape index (κ3) is 5.78. The van der Waals surface area contributed by atoms with E-state index in [4.69, 9.17) is 18.9 Å². The second kappa shape index (κ2) is 10.5. The van der Waals surface area contributed by atoms with Crippen LogP contribution in [0.5, 0.6) is 17.2 Å². The molecular weight excluding hydrogens is 440 g/mol. The molecule has 2 N–H and O–H groups in total. The minimum Gasteiger partial charge on any atom is -0.493 e. The van der Waals surface area contributed by atoms with Crippen LogP contribution >= 0.6 is 0 Å². The Kier molecular flexibility index (Phi) is 7.65. The average molecular weight is 471 g/mol. The Bertz CT molecular complexity index is 1080. The molecule has 0 fully saturated rings. The summed E-state index contributed by atoms with van der Waals surface area (Å²) in [4.78, 5) is 38.0. The molecule has 3 rings (SSSR count). The summed E-state index contributed by atoms with van der Waals surface area (Å²) >= 11 is 0. The van der Waals surface area contributed by atoms with Gasteiger partial charge in [0.2, 0.25) is 5.91 Å². The summed E-state index contributed by atoms with van der Waals surface area (Å²) in [6, 6.07) is 10.1. The lowest BCUT2D eigenvalue weighted by Gasteiger charge is -2.26. The number of fused-ring (bicyclic) bond motifs is 1. The van der Waals surface area contributed by atoms with Crippen LogP contribution in [0.1, 0.15) is 49.2 Å². The largest absolute Gasteiger partial charge is 0.493 e. The maximum absolute atomic E-state index is 12.9. The Balaban J connectivity index is 1.73. The van der Waals surface area contributed by atoms with Gasteiger partial charge in [0.25, 0.3) is 5.91 Å². The number of ether oxygens (including phenoxy) is 4. The van der Waals surface area contributed by atoms with Crippen LogP contribution in [0.3, 0.4) is 0 Å². The van der Waals surface area contributed by atoms with Crippen LogP contribution in [0.4, 0.5) is 5.69 Å². The fraction of sp³-hybridized carbons (Fsp3) is 0.400. The summed E-state index contributed by atoms with van der Waals surface area (Å²) in [6.07, 6.45) is 0.607. The highest BCUT2D eigenvalue weighted by atomic mass is 16.5. The second-order valence-corrected chi connectivity index (χ2v) is 8.83. The lowest BCUT2D eigenvalue weighted by Crippen LogP contribution is -2.35. The van der Waals surface area contributed by atoms with Gasteiger partial charge in [-0.05, 0) is 6.07 Å². The molecule has 182 valence electrons. The molecule has 0 radical (unpaired) electrons. The van der Waals surface area contributed by atoms with Gasteiger partial charge in [0, 0.05) is 29.5 Å². The van der Waals surface area contributed by atoms with E-state index in [2.05, 4.69) is 10.6 Å². The number of hydrogen-bond donors (Lipinski definition) is 2. The van der Waals surface area contributed by atoms with Crippen LogP contribution in [0, 0.1) is 5.41 Å². The molecule has 0 aliphatic carbocycles. The van der Waals surface area contributed by atoms with Crippen molar-refractivity contribution in [2.75, 3.05) is 32.8 Å². The SMILES string of the molecule is COc1cc(NC(=O)C(C)(C)C)c(C(=O)OCC(=O)NC2CCOc3ccccc32)cc1OC. The highest BCUT2D eigenvalue weighted by Gasteiger charge is 2.27. The van der Waals surface area contributed by atoms with E-state index in [0.717, 1.165) is 11.3 Å². The van der Waals surface area contributed by atoms with E-state index in [1.165, 1.54) is 26.4 Å². The minimum atomic E-state index is -0.785. The van der Waals surface area contributed by atoms with Crippen molar-refractivity contribution in [3.8, 4) is 17.2 Å². The maximum atomic E-state index is 12.9. The molecule has 0 saturated heterocycles. The number of para-hydroxylation sites is 1. The van der Waals surface area contributed by atoms with Gasteiger partial charge in [-0.2, -0.15) is 0 Å². The van der Waals surface area contributed by atoms with Crippen LogP contribution in [0.15, 0.2) is 36.4 Å². The first-order valence-electron chi connectivity index (χ1n) is 10.9. The summed E-state index contributed by atoms with van der Waals surface area (Å²) in [6.45, 7) is 5.24. The number of benzene rings is 2. The molecule has 1 aliphatic heterocycles. The Hall–Kier alpha value is -3.75. The normalized spacial score (nSPS) is 14.8. The molecule has 2 aromatic carbocycles. The zero-order chi connectivity index (χ0) is 24.9. The van der Waals surface area contributed by atoms with Crippen LogP contribution in [-0.2, 0) is 14.3 Å². The molecule has 0 aromatic heterocycles. The molecule has 0 spiro atoms. The van der Waals surface area contributed by atoms with Gasteiger partial charge in [-0.15, -0.1) is 0 Å². The fourth-order valence-corrected chi connectivity index (χ4v) is 3.40. The highest BCUT2D eigenvalue weighted by molar-refractivity contribution is 6.04. The van der Waals surface area contributed by atoms with Crippen molar-refractivity contribution in [3.63, 3.8) is 0 Å². The third-order valence-electron chi connectivity index (χ3n) is 5.30. The van der Waals surface area contributed by atoms with Crippen LogP contribution in [-0.4, -0.2) is 45.2 Å². The quantitative estimate of drug-likeness (QED) is 0.596. The van der Waals surface area contributed by atoms with Gasteiger partial charge in [-0.3, -0.25) is 9.59 Å². The van der Waals surface area contributed by atoms with Crippen molar-refractivity contribution in [1.29, 1.82) is 0 Å². The van der Waals surface area contributed by atoms with E-state index in [0.29, 0.717) is 18.8 Å². The Labute approximate surface area is 198 Å². The number of esters is 1. The van der Waals surface area contributed by atoms with E-state index in [-0.39, 0.29) is 28.9 Å². The van der Waals surface area contributed by atoms with Gasteiger partial charge >= 0.3 is 5.97 Å². The van der Waals surface area contributed by atoms with Gasteiger partial charge < -0.3 is 29.6 Å². The van der Waals surface area contributed by atoms with E-state index < -0.39 is 23.9 Å². The predicted octanol–water partition coefficient (Wildman–Crippen LogP) is 3.49. The van der Waals surface area contributed by atoms with Gasteiger partial charge in [-0.1, -0.05) is 39.0 Å². The standard InChI is InChI=1S/C25H30N2O7/c1-25(2,3)24(30)27-18-13-21(32-5)20(31-4)12-16(18)23(29)34-14-22(28)26-17-10-11-33-19-9-7-6-8-15(17)19/h6-9,12-13,17H,10-11,14H2,1-5H3,(H,26,28)(H,27,30). The van der Waals surface area contributed by atoms with Gasteiger partial charge in [-0.25, -0.2) is 4.79 Å².